The number of carbonyl (C=O) groups excluding carboxylic acids is 4. The Morgan fingerprint density at radius 3 is 1.50 bits per heavy atom. The van der Waals surface area contributed by atoms with Gasteiger partial charge in [-0.1, -0.05) is 104 Å². The Kier molecular flexibility index (Phi) is 24.2. The Morgan fingerprint density at radius 2 is 1.02 bits per heavy atom. The van der Waals surface area contributed by atoms with Crippen LogP contribution in [-0.4, -0.2) is 95.1 Å². The molecule has 1 saturated heterocycles. The zero-order chi connectivity index (χ0) is 35.7. The van der Waals surface area contributed by atoms with E-state index in [0.29, 0.717) is 12.8 Å². The molecule has 1 rings (SSSR count). The highest BCUT2D eigenvalue weighted by molar-refractivity contribution is 5.71. The summed E-state index contributed by atoms with van der Waals surface area (Å²) in [5, 5.41) is 30.0. The van der Waals surface area contributed by atoms with Crippen molar-refractivity contribution in [1.29, 1.82) is 0 Å². The van der Waals surface area contributed by atoms with Crippen LogP contribution in [0.1, 0.15) is 150 Å². The van der Waals surface area contributed by atoms with Crippen molar-refractivity contribution in [1.82, 2.24) is 0 Å². The molecule has 0 aliphatic carbocycles. The van der Waals surface area contributed by atoms with Gasteiger partial charge in [0.05, 0.1) is 12.7 Å². The van der Waals surface area contributed by atoms with Gasteiger partial charge in [0.1, 0.15) is 24.9 Å². The van der Waals surface area contributed by atoms with Crippen LogP contribution < -0.4 is 0 Å². The fourth-order valence-electron chi connectivity index (χ4n) is 5.87. The van der Waals surface area contributed by atoms with Gasteiger partial charge in [-0.15, -0.1) is 0 Å². The van der Waals surface area contributed by atoms with Gasteiger partial charge in [-0.25, -0.2) is 0 Å². The van der Waals surface area contributed by atoms with Gasteiger partial charge >= 0.3 is 23.9 Å². The minimum absolute atomic E-state index is 0.0770. The first-order chi connectivity index (χ1) is 23.0. The molecule has 1 fully saturated rings. The normalized spacial score (nSPS) is 22.0. The molecular formula is C36H64O12. The Balaban J connectivity index is 2.97. The van der Waals surface area contributed by atoms with Crippen LogP contribution in [0, 0.1) is 0 Å². The van der Waals surface area contributed by atoms with Gasteiger partial charge in [0.15, 0.2) is 18.3 Å². The highest BCUT2D eigenvalue weighted by atomic mass is 16.7. The summed E-state index contributed by atoms with van der Waals surface area (Å²) in [4.78, 5) is 50.0. The molecule has 0 bridgehead atoms. The molecule has 7 atom stereocenters. The number of hydrogen-bond donors (Lipinski definition) is 3. The van der Waals surface area contributed by atoms with Crippen molar-refractivity contribution < 1.29 is 58.2 Å². The van der Waals surface area contributed by atoms with Crippen LogP contribution >= 0.6 is 0 Å². The molecule has 12 heteroatoms. The molecule has 0 saturated carbocycles. The summed E-state index contributed by atoms with van der Waals surface area (Å²) in [6.07, 6.45) is 7.72. The summed E-state index contributed by atoms with van der Waals surface area (Å²) in [5.41, 5.74) is 0. The lowest BCUT2D eigenvalue weighted by Crippen LogP contribution is -2.63. The Morgan fingerprint density at radius 1 is 0.583 bits per heavy atom. The highest BCUT2D eigenvalue weighted by Crippen LogP contribution is 2.32. The number of esters is 4. The standard InChI is InChI=1S/C36H64O12/c1-5-7-9-10-11-12-13-14-15-16-17-18-20-22-33(43)48-36-34(47-32(42)21-19-8-6-2)30(23-28(40)29(41)24-37)46-31(25-44-26(3)38)35(36)45-27(4)39/h28-31,34-37,40-41H,5-25H2,1-4H3/t28-,29+,30-,31+,34+,35+,36+/m0/s1. The summed E-state index contributed by atoms with van der Waals surface area (Å²) < 4.78 is 28.4. The molecule has 48 heavy (non-hydrogen) atoms. The predicted octanol–water partition coefficient (Wildman–Crippen LogP) is 5.24. The maximum atomic E-state index is 13.2. The fraction of sp³-hybridized carbons (Fsp3) is 0.889. The van der Waals surface area contributed by atoms with Crippen molar-refractivity contribution in [2.24, 2.45) is 0 Å². The van der Waals surface area contributed by atoms with Crippen molar-refractivity contribution >= 4 is 23.9 Å². The lowest BCUT2D eigenvalue weighted by atomic mass is 9.90. The van der Waals surface area contributed by atoms with E-state index in [2.05, 4.69) is 6.92 Å². The van der Waals surface area contributed by atoms with Crippen LogP contribution in [0.25, 0.3) is 0 Å². The van der Waals surface area contributed by atoms with Crippen LogP contribution in [-0.2, 0) is 42.9 Å². The van der Waals surface area contributed by atoms with Crippen LogP contribution in [0.2, 0.25) is 0 Å². The van der Waals surface area contributed by atoms with E-state index in [0.717, 1.165) is 39.0 Å². The van der Waals surface area contributed by atoms with Gasteiger partial charge < -0.3 is 39.0 Å². The van der Waals surface area contributed by atoms with Crippen molar-refractivity contribution in [3.05, 3.63) is 0 Å². The van der Waals surface area contributed by atoms with Crippen molar-refractivity contribution in [3.8, 4) is 0 Å². The predicted molar refractivity (Wildman–Crippen MR) is 179 cm³/mol. The van der Waals surface area contributed by atoms with E-state index in [1.165, 1.54) is 64.7 Å². The molecule has 0 aromatic rings. The SMILES string of the molecule is CCCCCCCCCCCCCCCC(=O)O[C@@H]1[C@H](OC(=O)CCCCC)[C@H](C[C@H](O)[C@H](O)CO)O[C@H](COC(C)=O)[C@H]1OC(C)=O. The zero-order valence-corrected chi connectivity index (χ0v) is 29.9. The molecule has 3 N–H and O–H groups in total. The monoisotopic (exact) mass is 688 g/mol. The largest absolute Gasteiger partial charge is 0.463 e. The topological polar surface area (TPSA) is 175 Å². The number of rotatable bonds is 27. The minimum atomic E-state index is -1.52. The maximum absolute atomic E-state index is 13.2. The summed E-state index contributed by atoms with van der Waals surface area (Å²) in [5.74, 6) is -2.55. The first-order valence-electron chi connectivity index (χ1n) is 18.4. The number of aliphatic hydroxyl groups excluding tert-OH is 3. The number of ether oxygens (including phenoxy) is 5. The van der Waals surface area contributed by atoms with E-state index in [1.54, 1.807) is 0 Å². The van der Waals surface area contributed by atoms with Gasteiger partial charge in [0, 0.05) is 33.1 Å². The molecule has 0 aromatic heterocycles. The van der Waals surface area contributed by atoms with E-state index in [4.69, 9.17) is 23.7 Å². The third kappa shape index (κ3) is 19.0. The molecule has 1 aliphatic rings. The van der Waals surface area contributed by atoms with Crippen molar-refractivity contribution in [2.75, 3.05) is 13.2 Å². The van der Waals surface area contributed by atoms with Gasteiger partial charge in [0.2, 0.25) is 0 Å². The fourth-order valence-corrected chi connectivity index (χ4v) is 5.87. The van der Waals surface area contributed by atoms with E-state index in [1.807, 2.05) is 6.92 Å². The molecule has 12 nitrogen and oxygen atoms in total. The third-order valence-corrected chi connectivity index (χ3v) is 8.59. The molecule has 0 amide bonds. The number of unbranched alkanes of at least 4 members (excludes halogenated alkanes) is 14. The first-order valence-corrected chi connectivity index (χ1v) is 18.4. The second-order valence-electron chi connectivity index (χ2n) is 13.0. The smallest absolute Gasteiger partial charge is 0.306 e. The summed E-state index contributed by atoms with van der Waals surface area (Å²) in [6.45, 7) is 5.45. The molecule has 280 valence electrons. The average molecular weight is 689 g/mol. The second-order valence-corrected chi connectivity index (χ2v) is 13.0. The van der Waals surface area contributed by atoms with E-state index in [9.17, 15) is 34.5 Å². The quantitative estimate of drug-likeness (QED) is 0.0583. The van der Waals surface area contributed by atoms with Gasteiger partial charge in [0.25, 0.3) is 0 Å². The Hall–Kier alpha value is -2.28. The van der Waals surface area contributed by atoms with Gasteiger partial charge in [-0.3, -0.25) is 19.2 Å². The molecular weight excluding hydrogens is 624 g/mol. The molecule has 0 radical (unpaired) electrons. The number of aliphatic hydroxyl groups is 3. The average Bonchev–Trinajstić information content (AvgIpc) is 3.04. The van der Waals surface area contributed by atoms with E-state index >= 15 is 0 Å². The third-order valence-electron chi connectivity index (χ3n) is 8.59. The van der Waals surface area contributed by atoms with Crippen LogP contribution in [0.5, 0.6) is 0 Å². The summed E-state index contributed by atoms with van der Waals surface area (Å²) in [6, 6.07) is 0. The highest BCUT2D eigenvalue weighted by Gasteiger charge is 2.53. The first kappa shape index (κ1) is 43.7. The lowest BCUT2D eigenvalue weighted by molar-refractivity contribution is -0.258. The van der Waals surface area contributed by atoms with Gasteiger partial charge in [-0.2, -0.15) is 0 Å². The van der Waals surface area contributed by atoms with Gasteiger partial charge in [-0.05, 0) is 12.8 Å². The van der Waals surface area contributed by atoms with Crippen molar-refractivity contribution in [3.63, 3.8) is 0 Å². The zero-order valence-electron chi connectivity index (χ0n) is 29.9. The van der Waals surface area contributed by atoms with Crippen molar-refractivity contribution in [2.45, 2.75) is 192 Å². The second kappa shape index (κ2) is 26.6. The molecule has 1 aliphatic heterocycles. The summed E-state index contributed by atoms with van der Waals surface area (Å²) in [7, 11) is 0. The number of hydrogen-bond acceptors (Lipinski definition) is 12. The minimum Gasteiger partial charge on any atom is -0.463 e. The molecule has 0 aromatic carbocycles. The van der Waals surface area contributed by atoms with Crippen LogP contribution in [0.4, 0.5) is 0 Å². The molecule has 1 heterocycles. The molecule has 0 spiro atoms. The Labute approximate surface area is 287 Å². The summed E-state index contributed by atoms with van der Waals surface area (Å²) >= 11 is 0. The maximum Gasteiger partial charge on any atom is 0.306 e. The van der Waals surface area contributed by atoms with Crippen LogP contribution in [0.3, 0.4) is 0 Å². The number of carbonyl (C=O) groups is 4. The lowest BCUT2D eigenvalue weighted by Gasteiger charge is -2.45. The van der Waals surface area contributed by atoms with Crippen LogP contribution in [0.15, 0.2) is 0 Å². The molecule has 0 unspecified atom stereocenters. The van der Waals surface area contributed by atoms with E-state index < -0.39 is 73.2 Å². The Bertz CT molecular complexity index is 896. The van der Waals surface area contributed by atoms with E-state index in [-0.39, 0.29) is 25.9 Å².